The third kappa shape index (κ3) is 50.6. The molecule has 1 unspecified atom stereocenters. The number of ether oxygens (including phenoxy) is 3. The van der Waals surface area contributed by atoms with Crippen LogP contribution in [-0.4, -0.2) is 37.2 Å². The van der Waals surface area contributed by atoms with E-state index in [-0.39, 0.29) is 31.1 Å². The molecule has 374 valence electrons. The number of carbonyl (C=O) groups excluding carboxylic acids is 3. The highest BCUT2D eigenvalue weighted by molar-refractivity contribution is 5.71. The van der Waals surface area contributed by atoms with Crippen LogP contribution in [0.2, 0.25) is 0 Å². The van der Waals surface area contributed by atoms with Crippen LogP contribution in [0.3, 0.4) is 0 Å². The van der Waals surface area contributed by atoms with Crippen molar-refractivity contribution < 1.29 is 28.6 Å². The zero-order valence-corrected chi connectivity index (χ0v) is 42.8. The van der Waals surface area contributed by atoms with Crippen molar-refractivity contribution in [1.29, 1.82) is 0 Å². The summed E-state index contributed by atoms with van der Waals surface area (Å²) in [5, 5.41) is 0. The predicted octanol–water partition coefficient (Wildman–Crippen LogP) is 18.5. The minimum Gasteiger partial charge on any atom is -0.462 e. The van der Waals surface area contributed by atoms with Crippen LogP contribution in [0.5, 0.6) is 0 Å². The third-order valence-corrected chi connectivity index (χ3v) is 12.4. The summed E-state index contributed by atoms with van der Waals surface area (Å²) in [6, 6.07) is 0. The first kappa shape index (κ1) is 61.6. The van der Waals surface area contributed by atoms with Crippen LogP contribution < -0.4 is 0 Å². The van der Waals surface area contributed by atoms with E-state index in [1.54, 1.807) is 0 Å². The lowest BCUT2D eigenvalue weighted by atomic mass is 10.0. The summed E-state index contributed by atoms with van der Waals surface area (Å²) < 4.78 is 16.7. The van der Waals surface area contributed by atoms with Crippen molar-refractivity contribution in [2.24, 2.45) is 0 Å². The van der Waals surface area contributed by atoms with Gasteiger partial charge in [-0.3, -0.25) is 14.4 Å². The molecule has 0 N–H and O–H groups in total. The molecule has 64 heavy (non-hydrogen) atoms. The first-order valence-electron chi connectivity index (χ1n) is 28.0. The Morgan fingerprint density at radius 2 is 0.609 bits per heavy atom. The fraction of sp³-hybridized carbons (Fsp3) is 0.845. The van der Waals surface area contributed by atoms with E-state index in [0.717, 1.165) is 83.5 Å². The van der Waals surface area contributed by atoms with E-state index in [1.807, 2.05) is 0 Å². The van der Waals surface area contributed by atoms with Crippen LogP contribution in [0, 0.1) is 0 Å². The Hall–Kier alpha value is -2.37. The van der Waals surface area contributed by atoms with Gasteiger partial charge in [-0.05, 0) is 51.4 Å². The lowest BCUT2D eigenvalue weighted by Crippen LogP contribution is -2.30. The Morgan fingerprint density at radius 3 is 0.953 bits per heavy atom. The van der Waals surface area contributed by atoms with Gasteiger partial charge < -0.3 is 14.2 Å². The summed E-state index contributed by atoms with van der Waals surface area (Å²) in [5.41, 5.74) is 0. The van der Waals surface area contributed by atoms with Crippen molar-refractivity contribution in [3.63, 3.8) is 0 Å². The van der Waals surface area contributed by atoms with Gasteiger partial charge in [0.1, 0.15) is 13.2 Å². The molecule has 1 atom stereocenters. The van der Waals surface area contributed by atoms with Gasteiger partial charge in [-0.2, -0.15) is 0 Å². The fourth-order valence-corrected chi connectivity index (χ4v) is 8.22. The van der Waals surface area contributed by atoms with E-state index in [1.165, 1.54) is 173 Å². The highest BCUT2D eigenvalue weighted by Gasteiger charge is 2.19. The monoisotopic (exact) mass is 899 g/mol. The SMILES string of the molecule is CC/C=C\C/C=C\C/C=C\CCCCCC(=O)OC(COC(=O)CCCCCCCCC)COC(=O)CCCCCCCCCCCCCCCCCCCCCCCCCCCC. The molecule has 0 aromatic carbocycles. The summed E-state index contributed by atoms with van der Waals surface area (Å²) >= 11 is 0. The Kier molecular flexibility index (Phi) is 51.3. The first-order valence-corrected chi connectivity index (χ1v) is 28.0. The minimum atomic E-state index is -0.781. The Balaban J connectivity index is 4.06. The maximum absolute atomic E-state index is 12.7. The van der Waals surface area contributed by atoms with Crippen LogP contribution in [0.15, 0.2) is 36.5 Å². The van der Waals surface area contributed by atoms with Gasteiger partial charge >= 0.3 is 17.9 Å². The average molecular weight is 899 g/mol. The van der Waals surface area contributed by atoms with Crippen LogP contribution >= 0.6 is 0 Å². The van der Waals surface area contributed by atoms with E-state index < -0.39 is 6.10 Å². The van der Waals surface area contributed by atoms with Gasteiger partial charge in [0.25, 0.3) is 0 Å². The molecule has 0 aromatic rings. The van der Waals surface area contributed by atoms with Gasteiger partial charge in [-0.25, -0.2) is 0 Å². The van der Waals surface area contributed by atoms with Crippen LogP contribution in [-0.2, 0) is 28.6 Å². The second-order valence-corrected chi connectivity index (χ2v) is 18.8. The maximum atomic E-state index is 12.7. The van der Waals surface area contributed by atoms with E-state index in [9.17, 15) is 14.4 Å². The molecule has 6 nitrogen and oxygen atoms in total. The fourth-order valence-electron chi connectivity index (χ4n) is 8.22. The molecular weight excluding hydrogens is 793 g/mol. The van der Waals surface area contributed by atoms with E-state index >= 15 is 0 Å². The van der Waals surface area contributed by atoms with Gasteiger partial charge in [-0.15, -0.1) is 0 Å². The molecule has 0 rings (SSSR count). The molecule has 0 heterocycles. The molecule has 0 fully saturated rings. The number of unbranched alkanes of at least 4 members (excludes halogenated alkanes) is 34. The lowest BCUT2D eigenvalue weighted by molar-refractivity contribution is -0.167. The Labute approximate surface area is 397 Å². The highest BCUT2D eigenvalue weighted by Crippen LogP contribution is 2.17. The second kappa shape index (κ2) is 53.2. The quantitative estimate of drug-likeness (QED) is 0.0262. The standard InChI is InChI=1S/C58H106O6/c1-4-7-10-13-16-18-20-22-23-24-25-26-27-28-29-30-31-32-33-34-36-37-39-42-45-48-51-57(60)63-54-55(53-62-56(59)50-47-44-41-15-12-9-6-3)64-58(61)52-49-46-43-40-38-35-21-19-17-14-11-8-5-2/h8,11,17,19,35,38,55H,4-7,9-10,12-16,18,20-34,36-37,39-54H2,1-3H3/b11-8-,19-17-,38-35-. The topological polar surface area (TPSA) is 78.9 Å². The molecule has 0 saturated carbocycles. The Morgan fingerprint density at radius 1 is 0.328 bits per heavy atom. The summed E-state index contributed by atoms with van der Waals surface area (Å²) in [7, 11) is 0. The lowest BCUT2D eigenvalue weighted by Gasteiger charge is -2.18. The van der Waals surface area contributed by atoms with Gasteiger partial charge in [0.15, 0.2) is 6.10 Å². The molecule has 0 spiro atoms. The smallest absolute Gasteiger partial charge is 0.306 e. The van der Waals surface area contributed by atoms with Gasteiger partial charge in [-0.1, -0.05) is 263 Å². The van der Waals surface area contributed by atoms with E-state index in [0.29, 0.717) is 19.3 Å². The molecule has 0 aliphatic rings. The van der Waals surface area contributed by atoms with Gasteiger partial charge in [0.05, 0.1) is 0 Å². The molecule has 0 aromatic heterocycles. The summed E-state index contributed by atoms with van der Waals surface area (Å²) in [6.45, 7) is 6.49. The van der Waals surface area contributed by atoms with Crippen LogP contribution in [0.4, 0.5) is 0 Å². The van der Waals surface area contributed by atoms with Crippen molar-refractivity contribution in [1.82, 2.24) is 0 Å². The molecule has 0 amide bonds. The van der Waals surface area contributed by atoms with Crippen LogP contribution in [0.1, 0.15) is 297 Å². The molecule has 0 bridgehead atoms. The molecule has 0 aliphatic carbocycles. The van der Waals surface area contributed by atoms with E-state index in [4.69, 9.17) is 14.2 Å². The third-order valence-electron chi connectivity index (χ3n) is 12.4. The average Bonchev–Trinajstić information content (AvgIpc) is 3.29. The second-order valence-electron chi connectivity index (χ2n) is 18.8. The highest BCUT2D eigenvalue weighted by atomic mass is 16.6. The number of allylic oxidation sites excluding steroid dienone is 6. The number of esters is 3. The van der Waals surface area contributed by atoms with Gasteiger partial charge in [0, 0.05) is 19.3 Å². The van der Waals surface area contributed by atoms with Crippen molar-refractivity contribution in [2.45, 2.75) is 303 Å². The van der Waals surface area contributed by atoms with E-state index in [2.05, 4.69) is 57.2 Å². The predicted molar refractivity (Wildman–Crippen MR) is 275 cm³/mol. The van der Waals surface area contributed by atoms with Gasteiger partial charge in [0.2, 0.25) is 0 Å². The summed E-state index contributed by atoms with van der Waals surface area (Å²) in [6.07, 6.45) is 63.2. The summed E-state index contributed by atoms with van der Waals surface area (Å²) in [5.74, 6) is -0.905. The first-order chi connectivity index (χ1) is 31.5. The van der Waals surface area contributed by atoms with Crippen molar-refractivity contribution >= 4 is 17.9 Å². The number of carbonyl (C=O) groups is 3. The van der Waals surface area contributed by atoms with Crippen molar-refractivity contribution in [3.8, 4) is 0 Å². The maximum Gasteiger partial charge on any atom is 0.306 e. The number of hydrogen-bond acceptors (Lipinski definition) is 6. The Bertz CT molecular complexity index is 1080. The largest absolute Gasteiger partial charge is 0.462 e. The molecule has 0 aliphatic heterocycles. The van der Waals surface area contributed by atoms with Crippen molar-refractivity contribution in [2.75, 3.05) is 13.2 Å². The molecule has 0 radical (unpaired) electrons. The molecule has 6 heteroatoms. The molecular formula is C58H106O6. The molecule has 0 saturated heterocycles. The normalized spacial score (nSPS) is 12.2. The zero-order valence-electron chi connectivity index (χ0n) is 42.8. The minimum absolute atomic E-state index is 0.0805. The number of hydrogen-bond donors (Lipinski definition) is 0. The number of rotatable bonds is 51. The summed E-state index contributed by atoms with van der Waals surface area (Å²) in [4.78, 5) is 37.8. The zero-order chi connectivity index (χ0) is 46.5. The van der Waals surface area contributed by atoms with Crippen molar-refractivity contribution in [3.05, 3.63) is 36.5 Å². The van der Waals surface area contributed by atoms with Crippen LogP contribution in [0.25, 0.3) is 0 Å².